The molecule has 0 aliphatic carbocycles. The van der Waals surface area contributed by atoms with E-state index >= 15 is 0 Å². The number of likely N-dealkylation sites (tertiary alicyclic amines) is 1. The van der Waals surface area contributed by atoms with E-state index in [2.05, 4.69) is 37.9 Å². The summed E-state index contributed by atoms with van der Waals surface area (Å²) in [6, 6.07) is 6.44. The lowest BCUT2D eigenvalue weighted by Gasteiger charge is -2.23. The third-order valence-electron chi connectivity index (χ3n) is 4.11. The zero-order valence-electron chi connectivity index (χ0n) is 14.1. The van der Waals surface area contributed by atoms with Crippen molar-refractivity contribution in [3.63, 3.8) is 0 Å². The molecule has 1 atom stereocenters. The van der Waals surface area contributed by atoms with Gasteiger partial charge in [-0.3, -0.25) is 14.3 Å². The number of halogens is 1. The molecule has 3 N–H and O–H groups in total. The molecule has 0 aromatic carbocycles. The fourth-order valence-electron chi connectivity index (χ4n) is 2.88. The molecule has 3 heterocycles. The molecule has 0 bridgehead atoms. The van der Waals surface area contributed by atoms with Gasteiger partial charge in [-0.2, -0.15) is 5.10 Å². The van der Waals surface area contributed by atoms with E-state index in [1.807, 2.05) is 0 Å². The van der Waals surface area contributed by atoms with E-state index in [4.69, 9.17) is 5.73 Å². The van der Waals surface area contributed by atoms with Crippen molar-refractivity contribution in [1.82, 2.24) is 19.7 Å². The van der Waals surface area contributed by atoms with Crippen LogP contribution < -0.4 is 11.1 Å². The summed E-state index contributed by atoms with van der Waals surface area (Å²) in [5.41, 5.74) is 6.48. The van der Waals surface area contributed by atoms with Crippen molar-refractivity contribution < 1.29 is 9.59 Å². The van der Waals surface area contributed by atoms with Crippen LogP contribution in [0, 0.1) is 0 Å². The molecule has 8 nitrogen and oxygen atoms in total. The molecule has 1 saturated heterocycles. The molecule has 0 unspecified atom stereocenters. The van der Waals surface area contributed by atoms with Crippen molar-refractivity contribution in [3.8, 4) is 0 Å². The number of carbonyl (C=O) groups excluding carboxylic acids is 2. The first-order valence-electron chi connectivity index (χ1n) is 8.15. The minimum Gasteiger partial charge on any atom is -0.397 e. The van der Waals surface area contributed by atoms with Gasteiger partial charge in [0.05, 0.1) is 5.70 Å². The van der Waals surface area contributed by atoms with Crippen LogP contribution in [-0.2, 0) is 16.1 Å². The van der Waals surface area contributed by atoms with E-state index in [1.54, 1.807) is 35.4 Å². The summed E-state index contributed by atoms with van der Waals surface area (Å²) >= 11 is 3.27. The van der Waals surface area contributed by atoms with E-state index in [0.29, 0.717) is 34.8 Å². The van der Waals surface area contributed by atoms with Crippen LogP contribution in [0.25, 0.3) is 5.70 Å². The van der Waals surface area contributed by atoms with Crippen LogP contribution in [0.15, 0.2) is 41.6 Å². The van der Waals surface area contributed by atoms with Crippen molar-refractivity contribution in [3.05, 3.63) is 47.3 Å². The molecule has 0 saturated carbocycles. The second-order valence-corrected chi connectivity index (χ2v) is 6.82. The number of hydrogen-bond acceptors (Lipinski definition) is 5. The monoisotopic (exact) mass is 418 g/mol. The quantitative estimate of drug-likeness (QED) is 0.717. The van der Waals surface area contributed by atoms with Gasteiger partial charge >= 0.3 is 0 Å². The number of amides is 2. The van der Waals surface area contributed by atoms with Crippen LogP contribution in [0.3, 0.4) is 0 Å². The maximum atomic E-state index is 12.6. The van der Waals surface area contributed by atoms with Crippen molar-refractivity contribution >= 4 is 39.3 Å². The summed E-state index contributed by atoms with van der Waals surface area (Å²) in [5, 5.41) is 6.97. The Balaban J connectivity index is 1.65. The smallest absolute Gasteiger partial charge is 0.248 e. The fourth-order valence-corrected chi connectivity index (χ4v) is 3.22. The molecule has 2 aromatic heterocycles. The average molecular weight is 419 g/mol. The number of nitrogens with one attached hydrogen (secondary N) is 1. The molecule has 1 aliphatic heterocycles. The molecule has 1 aliphatic rings. The van der Waals surface area contributed by atoms with Crippen LogP contribution in [0.1, 0.15) is 18.5 Å². The van der Waals surface area contributed by atoms with Crippen molar-refractivity contribution in [2.24, 2.45) is 5.73 Å². The Labute approximate surface area is 159 Å². The Bertz CT molecular complexity index is 849. The Morgan fingerprint density at radius 2 is 2.19 bits per heavy atom. The Hall–Kier alpha value is -2.68. The van der Waals surface area contributed by atoms with Gasteiger partial charge in [0.15, 0.2) is 0 Å². The average Bonchev–Trinajstić information content (AvgIpc) is 3.24. The summed E-state index contributed by atoms with van der Waals surface area (Å²) < 4.78 is 2.13. The predicted octanol–water partition coefficient (Wildman–Crippen LogP) is 1.60. The third kappa shape index (κ3) is 4.10. The first-order valence-corrected chi connectivity index (χ1v) is 8.94. The molecule has 0 spiro atoms. The number of nitrogens with two attached hydrogens (primary N) is 1. The summed E-state index contributed by atoms with van der Waals surface area (Å²) in [5.74, 6) is 0.0434. The van der Waals surface area contributed by atoms with Gasteiger partial charge < -0.3 is 16.0 Å². The Morgan fingerprint density at radius 1 is 1.38 bits per heavy atom. The lowest BCUT2D eigenvalue weighted by molar-refractivity contribution is -0.137. The molecule has 0 radical (unpaired) electrons. The Morgan fingerprint density at radius 3 is 2.88 bits per heavy atom. The second-order valence-electron chi connectivity index (χ2n) is 6.00. The van der Waals surface area contributed by atoms with Gasteiger partial charge in [-0.25, -0.2) is 4.98 Å². The van der Waals surface area contributed by atoms with Gasteiger partial charge in [0.25, 0.3) is 0 Å². The van der Waals surface area contributed by atoms with Crippen molar-refractivity contribution in [2.75, 3.05) is 11.9 Å². The van der Waals surface area contributed by atoms with Gasteiger partial charge in [0.1, 0.15) is 28.7 Å². The highest BCUT2D eigenvalue weighted by Gasteiger charge is 2.34. The lowest BCUT2D eigenvalue weighted by Crippen LogP contribution is -2.44. The number of aromatic nitrogens is 3. The summed E-state index contributed by atoms with van der Waals surface area (Å²) in [7, 11) is 0. The van der Waals surface area contributed by atoms with Crippen LogP contribution in [-0.4, -0.2) is 44.1 Å². The number of pyridine rings is 1. The molecule has 136 valence electrons. The van der Waals surface area contributed by atoms with Crippen molar-refractivity contribution in [2.45, 2.75) is 25.4 Å². The van der Waals surface area contributed by atoms with E-state index in [-0.39, 0.29) is 18.4 Å². The maximum absolute atomic E-state index is 12.6. The minimum atomic E-state index is -0.511. The molecule has 1 fully saturated rings. The normalized spacial score (nSPS) is 16.5. The number of anilines is 1. The topological polar surface area (TPSA) is 106 Å². The first kappa shape index (κ1) is 18.1. The fraction of sp³-hybridized carbons (Fsp3) is 0.294. The van der Waals surface area contributed by atoms with Gasteiger partial charge in [-0.1, -0.05) is 12.6 Å². The highest BCUT2D eigenvalue weighted by molar-refractivity contribution is 9.10. The highest BCUT2D eigenvalue weighted by Crippen LogP contribution is 2.20. The summed E-state index contributed by atoms with van der Waals surface area (Å²) in [4.78, 5) is 31.0. The number of hydrogen-bond donors (Lipinski definition) is 2. The van der Waals surface area contributed by atoms with Crippen LogP contribution >= 0.6 is 15.9 Å². The first-order chi connectivity index (χ1) is 12.4. The largest absolute Gasteiger partial charge is 0.397 e. The zero-order valence-corrected chi connectivity index (χ0v) is 15.6. The van der Waals surface area contributed by atoms with Gasteiger partial charge in [0, 0.05) is 12.7 Å². The molecule has 2 aromatic rings. The van der Waals surface area contributed by atoms with E-state index in [0.717, 1.165) is 6.42 Å². The number of nitrogens with zero attached hydrogens (tertiary/aromatic N) is 4. The maximum Gasteiger partial charge on any atom is 0.248 e. The van der Waals surface area contributed by atoms with Crippen LogP contribution in [0.5, 0.6) is 0 Å². The van der Waals surface area contributed by atoms with Gasteiger partial charge in [-0.15, -0.1) is 0 Å². The van der Waals surface area contributed by atoms with Crippen molar-refractivity contribution in [1.29, 1.82) is 0 Å². The van der Waals surface area contributed by atoms with Gasteiger partial charge in [-0.05, 0) is 47.0 Å². The SMILES string of the molecule is C=C(N)c1ccn(CC(=O)N2CCC[C@H]2C(=O)Nc2cccc(Br)n2)n1. The Kier molecular flexibility index (Phi) is 5.36. The van der Waals surface area contributed by atoms with E-state index in [1.165, 1.54) is 4.68 Å². The number of rotatable bonds is 5. The summed E-state index contributed by atoms with van der Waals surface area (Å²) in [6.07, 6.45) is 3.07. The summed E-state index contributed by atoms with van der Waals surface area (Å²) in [6.45, 7) is 4.21. The van der Waals surface area contributed by atoms with E-state index < -0.39 is 6.04 Å². The van der Waals surface area contributed by atoms with Crippen LogP contribution in [0.4, 0.5) is 5.82 Å². The highest BCUT2D eigenvalue weighted by atomic mass is 79.9. The van der Waals surface area contributed by atoms with Gasteiger partial charge in [0.2, 0.25) is 11.8 Å². The van der Waals surface area contributed by atoms with E-state index in [9.17, 15) is 9.59 Å². The molecule has 9 heteroatoms. The number of carbonyl (C=O) groups is 2. The predicted molar refractivity (Wildman–Crippen MR) is 101 cm³/mol. The van der Waals surface area contributed by atoms with Crippen LogP contribution in [0.2, 0.25) is 0 Å². The molecular weight excluding hydrogens is 400 g/mol. The minimum absolute atomic E-state index is 0.0478. The lowest BCUT2D eigenvalue weighted by atomic mass is 10.2. The molecule has 3 rings (SSSR count). The third-order valence-corrected chi connectivity index (χ3v) is 4.55. The molecule has 2 amide bonds. The molecular formula is C17H19BrN6O2. The molecule has 26 heavy (non-hydrogen) atoms. The standard InChI is InChI=1S/C17H19BrN6O2/c1-11(19)12-7-9-23(22-12)10-16(25)24-8-3-4-13(24)17(26)21-15-6-2-5-14(18)20-15/h2,5-7,9,13H,1,3-4,8,10,19H2,(H,20,21,26)/t13-/m0/s1. The second kappa shape index (κ2) is 7.69. The zero-order chi connectivity index (χ0) is 18.7.